The minimum atomic E-state index is 0.797. The van der Waals surface area contributed by atoms with Crippen molar-refractivity contribution in [2.45, 2.75) is 6.42 Å². The molecule has 0 unspecified atom stereocenters. The van der Waals surface area contributed by atoms with Crippen LogP contribution < -0.4 is 10.6 Å². The molecule has 0 spiro atoms. The zero-order valence-electron chi connectivity index (χ0n) is 13.2. The van der Waals surface area contributed by atoms with Crippen LogP contribution in [0.3, 0.4) is 0 Å². The monoisotopic (exact) mass is 306 g/mol. The van der Waals surface area contributed by atoms with E-state index in [4.69, 9.17) is 0 Å². The Bertz CT molecular complexity index is 632. The predicted octanol–water partition coefficient (Wildman–Crippen LogP) is 3.45. The quantitative estimate of drug-likeness (QED) is 0.783. The zero-order valence-corrected chi connectivity index (χ0v) is 13.2. The molecule has 1 heterocycles. The highest BCUT2D eigenvalue weighted by Crippen LogP contribution is 2.14. The van der Waals surface area contributed by atoms with E-state index in [1.807, 2.05) is 36.7 Å². The van der Waals surface area contributed by atoms with Crippen LogP contribution in [0.25, 0.3) is 0 Å². The molecule has 2 N–H and O–H groups in total. The second kappa shape index (κ2) is 8.13. The molecule has 1 aliphatic heterocycles. The van der Waals surface area contributed by atoms with Crippen LogP contribution in [0.1, 0.15) is 17.5 Å². The summed E-state index contributed by atoms with van der Waals surface area (Å²) in [7, 11) is 0. The fourth-order valence-electron chi connectivity index (χ4n) is 2.51. The van der Waals surface area contributed by atoms with Gasteiger partial charge in [0.2, 0.25) is 0 Å². The van der Waals surface area contributed by atoms with Crippen molar-refractivity contribution in [3.8, 4) is 0 Å². The van der Waals surface area contributed by atoms with Crippen LogP contribution in [-0.4, -0.2) is 38.6 Å². The Morgan fingerprint density at radius 2 is 1.13 bits per heavy atom. The molecule has 23 heavy (non-hydrogen) atoms. The van der Waals surface area contributed by atoms with Gasteiger partial charge in [0.05, 0.1) is 0 Å². The highest BCUT2D eigenvalue weighted by Gasteiger charge is 2.01. The Morgan fingerprint density at radius 1 is 0.652 bits per heavy atom. The minimum absolute atomic E-state index is 0.797. The topological polar surface area (TPSA) is 48.8 Å². The van der Waals surface area contributed by atoms with Crippen LogP contribution in [0.4, 0.5) is 11.4 Å². The third-order valence-electron chi connectivity index (χ3n) is 3.71. The maximum absolute atomic E-state index is 4.51. The molecule has 2 aromatic rings. The molecule has 0 bridgehead atoms. The number of benzene rings is 2. The Balaban J connectivity index is 1.77. The fourth-order valence-corrected chi connectivity index (χ4v) is 2.51. The van der Waals surface area contributed by atoms with Crippen LogP contribution in [0, 0.1) is 0 Å². The van der Waals surface area contributed by atoms with Crippen LogP contribution in [0.15, 0.2) is 58.5 Å². The smallest absolute Gasteiger partial charge is 0.0429 e. The highest BCUT2D eigenvalue weighted by atomic mass is 15.0. The third-order valence-corrected chi connectivity index (χ3v) is 3.71. The van der Waals surface area contributed by atoms with Gasteiger partial charge in [0.15, 0.2) is 0 Å². The zero-order chi connectivity index (χ0) is 15.7. The molecule has 3 rings (SSSR count). The number of nitrogens with one attached hydrogen (secondary N) is 2. The SMILES string of the molecule is C1=NCCCN=Cc2ccccc2NCCNc2ccccc21. The van der Waals surface area contributed by atoms with E-state index in [9.17, 15) is 0 Å². The number of hydrogen-bond acceptors (Lipinski definition) is 4. The van der Waals surface area contributed by atoms with Gasteiger partial charge in [-0.2, -0.15) is 0 Å². The molecule has 0 fully saturated rings. The van der Waals surface area contributed by atoms with E-state index in [-0.39, 0.29) is 0 Å². The number of para-hydroxylation sites is 2. The lowest BCUT2D eigenvalue weighted by Gasteiger charge is -2.12. The Kier molecular flexibility index (Phi) is 5.40. The number of fused-ring (bicyclic) bond motifs is 2. The summed E-state index contributed by atoms with van der Waals surface area (Å²) in [4.78, 5) is 9.03. The average molecular weight is 306 g/mol. The number of aliphatic imine (C=N–C) groups is 2. The van der Waals surface area contributed by atoms with Gasteiger partial charge in [0.25, 0.3) is 0 Å². The summed E-state index contributed by atoms with van der Waals surface area (Å²) in [5.74, 6) is 0. The lowest BCUT2D eigenvalue weighted by Crippen LogP contribution is -2.15. The normalized spacial score (nSPS) is 15.3. The van der Waals surface area contributed by atoms with Gasteiger partial charge >= 0.3 is 0 Å². The minimum Gasteiger partial charge on any atom is -0.383 e. The summed E-state index contributed by atoms with van der Waals surface area (Å²) in [6.45, 7) is 3.28. The number of nitrogens with zero attached hydrogens (tertiary/aromatic N) is 2. The first kappa shape index (κ1) is 15.3. The lowest BCUT2D eigenvalue weighted by atomic mass is 10.2. The molecule has 4 heteroatoms. The molecule has 1 aliphatic rings. The molecule has 2 aromatic carbocycles. The summed E-state index contributed by atoms with van der Waals surface area (Å²) in [5.41, 5.74) is 4.51. The van der Waals surface area contributed by atoms with Gasteiger partial charge in [0, 0.05) is 61.1 Å². The predicted molar refractivity (Wildman–Crippen MR) is 99.4 cm³/mol. The van der Waals surface area contributed by atoms with Crippen molar-refractivity contribution in [3.05, 3.63) is 59.7 Å². The largest absolute Gasteiger partial charge is 0.383 e. The summed E-state index contributed by atoms with van der Waals surface area (Å²) >= 11 is 0. The third kappa shape index (κ3) is 4.42. The lowest BCUT2D eigenvalue weighted by molar-refractivity contribution is 0.851. The Hall–Kier alpha value is -2.62. The Morgan fingerprint density at radius 3 is 1.65 bits per heavy atom. The molecule has 0 saturated heterocycles. The van der Waals surface area contributed by atoms with Crippen LogP contribution in [-0.2, 0) is 0 Å². The number of rotatable bonds is 0. The molecule has 0 saturated carbocycles. The van der Waals surface area contributed by atoms with Gasteiger partial charge < -0.3 is 10.6 Å². The van der Waals surface area contributed by atoms with Crippen molar-refractivity contribution in [2.24, 2.45) is 9.98 Å². The van der Waals surface area contributed by atoms with Gasteiger partial charge in [-0.05, 0) is 18.6 Å². The first-order chi connectivity index (χ1) is 11.4. The van der Waals surface area contributed by atoms with Crippen LogP contribution >= 0.6 is 0 Å². The number of anilines is 2. The average Bonchev–Trinajstić information content (AvgIpc) is 2.60. The summed E-state index contributed by atoms with van der Waals surface area (Å²) in [5, 5.41) is 6.95. The molecule has 4 nitrogen and oxygen atoms in total. The summed E-state index contributed by atoms with van der Waals surface area (Å²) < 4.78 is 0. The number of hydrogen-bond donors (Lipinski definition) is 2. The van der Waals surface area contributed by atoms with Crippen LogP contribution in [0.2, 0.25) is 0 Å². The van der Waals surface area contributed by atoms with E-state index in [1.165, 1.54) is 0 Å². The van der Waals surface area contributed by atoms with Gasteiger partial charge in [-0.1, -0.05) is 36.4 Å². The van der Waals surface area contributed by atoms with Crippen molar-refractivity contribution < 1.29 is 0 Å². The molecule has 0 radical (unpaired) electrons. The van der Waals surface area contributed by atoms with E-state index in [2.05, 4.69) is 44.9 Å². The van der Waals surface area contributed by atoms with Crippen molar-refractivity contribution in [1.82, 2.24) is 0 Å². The second-order valence-electron chi connectivity index (χ2n) is 5.45. The molecule has 0 amide bonds. The maximum atomic E-state index is 4.51. The molecule has 0 aromatic heterocycles. The van der Waals surface area contributed by atoms with Crippen molar-refractivity contribution in [2.75, 3.05) is 36.8 Å². The van der Waals surface area contributed by atoms with Crippen LogP contribution in [0.5, 0.6) is 0 Å². The van der Waals surface area contributed by atoms with Gasteiger partial charge in [0.1, 0.15) is 0 Å². The van der Waals surface area contributed by atoms with Crippen molar-refractivity contribution >= 4 is 23.8 Å². The molecule has 0 aliphatic carbocycles. The standard InChI is InChI=1S/C19H22N4/c1-3-8-18-16(6-1)14-20-10-5-11-21-15-17-7-2-4-9-19(17)23-13-12-22-18/h1-4,6-9,14-15,22-23H,5,10-13H2. The second-order valence-corrected chi connectivity index (χ2v) is 5.45. The van der Waals surface area contributed by atoms with E-state index >= 15 is 0 Å². The first-order valence-corrected chi connectivity index (χ1v) is 8.09. The van der Waals surface area contributed by atoms with E-state index in [1.54, 1.807) is 0 Å². The maximum Gasteiger partial charge on any atom is 0.0429 e. The highest BCUT2D eigenvalue weighted by molar-refractivity contribution is 5.88. The van der Waals surface area contributed by atoms with Gasteiger partial charge in [-0.25, -0.2) is 0 Å². The van der Waals surface area contributed by atoms with E-state index in [0.29, 0.717) is 0 Å². The van der Waals surface area contributed by atoms with Crippen molar-refractivity contribution in [1.29, 1.82) is 0 Å². The first-order valence-electron chi connectivity index (χ1n) is 8.09. The van der Waals surface area contributed by atoms with Gasteiger partial charge in [-0.3, -0.25) is 9.98 Å². The molecule has 0 atom stereocenters. The molecular formula is C19H22N4. The Labute approximate surface area is 137 Å². The van der Waals surface area contributed by atoms with Crippen molar-refractivity contribution in [3.63, 3.8) is 0 Å². The summed E-state index contributed by atoms with van der Waals surface area (Å²) in [6.07, 6.45) is 4.86. The van der Waals surface area contributed by atoms with E-state index < -0.39 is 0 Å². The molecular weight excluding hydrogens is 284 g/mol. The fraction of sp³-hybridized carbons (Fsp3) is 0.263. The van der Waals surface area contributed by atoms with E-state index in [0.717, 1.165) is 55.1 Å². The van der Waals surface area contributed by atoms with Gasteiger partial charge in [-0.15, -0.1) is 0 Å². The molecule has 118 valence electrons. The summed E-state index contributed by atoms with van der Waals surface area (Å²) in [6, 6.07) is 16.5.